The van der Waals surface area contributed by atoms with Crippen LogP contribution in [0.15, 0.2) is 4.79 Å². The van der Waals surface area contributed by atoms with Gasteiger partial charge in [0.1, 0.15) is 11.4 Å². The van der Waals surface area contributed by atoms with E-state index in [1.165, 1.54) is 6.92 Å². The monoisotopic (exact) mass is 226 g/mol. The standard InChI is InChI=1S/C10H14N2O4/c1-3-16-5-4-7-11-6(2)8(10(14)15)9(13)12-7/h3-5H2,1-2H3,(H,14,15)(H,11,12,13). The van der Waals surface area contributed by atoms with E-state index in [9.17, 15) is 9.59 Å². The van der Waals surface area contributed by atoms with Crippen LogP contribution in [-0.4, -0.2) is 34.3 Å². The van der Waals surface area contributed by atoms with Gasteiger partial charge in [-0.05, 0) is 13.8 Å². The summed E-state index contributed by atoms with van der Waals surface area (Å²) in [5, 5.41) is 8.77. The van der Waals surface area contributed by atoms with E-state index in [1.54, 1.807) is 0 Å². The van der Waals surface area contributed by atoms with Crippen molar-refractivity contribution >= 4 is 5.97 Å². The van der Waals surface area contributed by atoms with E-state index in [0.29, 0.717) is 25.5 Å². The van der Waals surface area contributed by atoms with Crippen LogP contribution in [0.1, 0.15) is 28.8 Å². The fourth-order valence-corrected chi connectivity index (χ4v) is 1.33. The number of carboxylic acids is 1. The maximum Gasteiger partial charge on any atom is 0.343 e. The second-order valence-electron chi connectivity index (χ2n) is 3.23. The molecular weight excluding hydrogens is 212 g/mol. The number of aromatic carboxylic acids is 1. The van der Waals surface area contributed by atoms with Gasteiger partial charge >= 0.3 is 5.97 Å². The summed E-state index contributed by atoms with van der Waals surface area (Å²) in [6, 6.07) is 0. The van der Waals surface area contributed by atoms with Crippen LogP contribution in [0.4, 0.5) is 0 Å². The third-order valence-corrected chi connectivity index (χ3v) is 2.05. The molecule has 2 N–H and O–H groups in total. The Kier molecular flexibility index (Phi) is 4.19. The summed E-state index contributed by atoms with van der Waals surface area (Å²) < 4.78 is 5.12. The van der Waals surface area contributed by atoms with Crippen molar-refractivity contribution in [1.82, 2.24) is 9.97 Å². The average molecular weight is 226 g/mol. The summed E-state index contributed by atoms with van der Waals surface area (Å²) >= 11 is 0. The van der Waals surface area contributed by atoms with E-state index in [4.69, 9.17) is 9.84 Å². The summed E-state index contributed by atoms with van der Waals surface area (Å²) in [4.78, 5) is 28.6. The Morgan fingerprint density at radius 2 is 2.25 bits per heavy atom. The molecule has 0 amide bonds. The number of carbonyl (C=O) groups is 1. The minimum atomic E-state index is -1.26. The molecule has 1 aromatic heterocycles. The maximum atomic E-state index is 11.4. The molecule has 16 heavy (non-hydrogen) atoms. The van der Waals surface area contributed by atoms with Gasteiger partial charge in [-0.25, -0.2) is 9.78 Å². The third-order valence-electron chi connectivity index (χ3n) is 2.05. The van der Waals surface area contributed by atoms with E-state index < -0.39 is 11.5 Å². The zero-order valence-electron chi connectivity index (χ0n) is 9.24. The number of aromatic amines is 1. The van der Waals surface area contributed by atoms with Crippen LogP contribution in [0.5, 0.6) is 0 Å². The fourth-order valence-electron chi connectivity index (χ4n) is 1.33. The minimum absolute atomic E-state index is 0.225. The number of carboxylic acid groups (broad SMARTS) is 1. The molecule has 0 aliphatic carbocycles. The smallest absolute Gasteiger partial charge is 0.343 e. The summed E-state index contributed by atoms with van der Waals surface area (Å²) in [5.74, 6) is -0.816. The van der Waals surface area contributed by atoms with Crippen LogP contribution < -0.4 is 5.56 Å². The Balaban J connectivity index is 2.92. The molecule has 0 atom stereocenters. The lowest BCUT2D eigenvalue weighted by atomic mass is 10.2. The topological polar surface area (TPSA) is 92.3 Å². The molecule has 1 heterocycles. The van der Waals surface area contributed by atoms with Crippen molar-refractivity contribution in [2.75, 3.05) is 13.2 Å². The minimum Gasteiger partial charge on any atom is -0.477 e. The number of aromatic nitrogens is 2. The molecule has 0 aromatic carbocycles. The van der Waals surface area contributed by atoms with Gasteiger partial charge in [0.15, 0.2) is 0 Å². The molecular formula is C10H14N2O4. The second-order valence-corrected chi connectivity index (χ2v) is 3.23. The molecule has 6 heteroatoms. The number of rotatable bonds is 5. The first-order chi connectivity index (χ1) is 7.56. The lowest BCUT2D eigenvalue weighted by molar-refractivity contribution is 0.0693. The number of hydrogen-bond acceptors (Lipinski definition) is 4. The fraction of sp³-hybridized carbons (Fsp3) is 0.500. The summed E-state index contributed by atoms with van der Waals surface area (Å²) in [7, 11) is 0. The number of nitrogens with zero attached hydrogens (tertiary/aromatic N) is 1. The normalized spacial score (nSPS) is 10.4. The number of H-pyrrole nitrogens is 1. The van der Waals surface area contributed by atoms with Gasteiger partial charge < -0.3 is 14.8 Å². The Morgan fingerprint density at radius 3 is 2.75 bits per heavy atom. The van der Waals surface area contributed by atoms with Crippen LogP contribution in [0.25, 0.3) is 0 Å². The van der Waals surface area contributed by atoms with Crippen molar-refractivity contribution in [2.45, 2.75) is 20.3 Å². The molecule has 0 radical (unpaired) electrons. The highest BCUT2D eigenvalue weighted by molar-refractivity contribution is 5.88. The van der Waals surface area contributed by atoms with Crippen LogP contribution in [0, 0.1) is 6.92 Å². The molecule has 0 aliphatic heterocycles. The van der Waals surface area contributed by atoms with Crippen molar-refractivity contribution < 1.29 is 14.6 Å². The average Bonchev–Trinajstić information content (AvgIpc) is 2.16. The number of aryl methyl sites for hydroxylation is 1. The Labute approximate surface area is 92.3 Å². The van der Waals surface area contributed by atoms with E-state index in [1.807, 2.05) is 6.92 Å². The van der Waals surface area contributed by atoms with Crippen molar-refractivity contribution in [3.63, 3.8) is 0 Å². The van der Waals surface area contributed by atoms with Crippen molar-refractivity contribution in [3.05, 3.63) is 27.4 Å². The second kappa shape index (κ2) is 5.41. The molecule has 0 bridgehead atoms. The molecule has 6 nitrogen and oxygen atoms in total. The first-order valence-electron chi connectivity index (χ1n) is 4.97. The van der Waals surface area contributed by atoms with Gasteiger partial charge in [-0.15, -0.1) is 0 Å². The van der Waals surface area contributed by atoms with Crippen molar-refractivity contribution in [3.8, 4) is 0 Å². The molecule has 0 unspecified atom stereocenters. The third kappa shape index (κ3) is 2.90. The van der Waals surface area contributed by atoms with Gasteiger partial charge in [-0.3, -0.25) is 4.79 Å². The number of ether oxygens (including phenoxy) is 1. The Hall–Kier alpha value is -1.69. The van der Waals surface area contributed by atoms with E-state index in [-0.39, 0.29) is 11.3 Å². The zero-order chi connectivity index (χ0) is 12.1. The zero-order valence-corrected chi connectivity index (χ0v) is 9.24. The largest absolute Gasteiger partial charge is 0.477 e. The first kappa shape index (κ1) is 12.4. The summed E-state index contributed by atoms with van der Waals surface area (Å²) in [6.07, 6.45) is 0.462. The quantitative estimate of drug-likeness (QED) is 0.707. The molecule has 0 fully saturated rings. The van der Waals surface area contributed by atoms with Crippen molar-refractivity contribution in [2.24, 2.45) is 0 Å². The van der Waals surface area contributed by atoms with Gasteiger partial charge in [-0.1, -0.05) is 0 Å². The molecule has 1 rings (SSSR count). The predicted molar refractivity (Wildman–Crippen MR) is 56.8 cm³/mol. The van der Waals surface area contributed by atoms with E-state index >= 15 is 0 Å². The number of nitrogens with one attached hydrogen (secondary N) is 1. The van der Waals surface area contributed by atoms with Gasteiger partial charge in [0.05, 0.1) is 12.3 Å². The first-order valence-corrected chi connectivity index (χ1v) is 4.97. The van der Waals surface area contributed by atoms with Gasteiger partial charge in [-0.2, -0.15) is 0 Å². The van der Waals surface area contributed by atoms with Crippen molar-refractivity contribution in [1.29, 1.82) is 0 Å². The SMILES string of the molecule is CCOCCc1nc(C)c(C(=O)O)c(=O)[nH]1. The maximum absolute atomic E-state index is 11.4. The molecule has 1 aromatic rings. The van der Waals surface area contributed by atoms with Gasteiger partial charge in [0.25, 0.3) is 5.56 Å². The highest BCUT2D eigenvalue weighted by Crippen LogP contribution is 1.99. The number of hydrogen-bond donors (Lipinski definition) is 2. The predicted octanol–water partition coefficient (Wildman–Crippen LogP) is 0.356. The molecule has 0 aliphatic rings. The molecule has 88 valence electrons. The van der Waals surface area contributed by atoms with E-state index in [0.717, 1.165) is 0 Å². The molecule has 0 saturated carbocycles. The van der Waals surface area contributed by atoms with Crippen LogP contribution >= 0.6 is 0 Å². The van der Waals surface area contributed by atoms with Crippen LogP contribution in [0.3, 0.4) is 0 Å². The van der Waals surface area contributed by atoms with Gasteiger partial charge in [0.2, 0.25) is 0 Å². The van der Waals surface area contributed by atoms with Crippen LogP contribution in [-0.2, 0) is 11.2 Å². The highest BCUT2D eigenvalue weighted by atomic mass is 16.5. The highest BCUT2D eigenvalue weighted by Gasteiger charge is 2.14. The Bertz CT molecular complexity index is 439. The van der Waals surface area contributed by atoms with E-state index in [2.05, 4.69) is 9.97 Å². The molecule has 0 saturated heterocycles. The summed E-state index contributed by atoms with van der Waals surface area (Å²) in [5.41, 5.74) is -0.700. The lowest BCUT2D eigenvalue weighted by Crippen LogP contribution is -2.23. The lowest BCUT2D eigenvalue weighted by Gasteiger charge is -2.04. The van der Waals surface area contributed by atoms with Gasteiger partial charge in [0, 0.05) is 13.0 Å². The van der Waals surface area contributed by atoms with Crippen LogP contribution in [0.2, 0.25) is 0 Å². The summed E-state index contributed by atoms with van der Waals surface area (Å²) in [6.45, 7) is 4.42. The molecule has 0 spiro atoms. The Morgan fingerprint density at radius 1 is 1.56 bits per heavy atom.